The lowest BCUT2D eigenvalue weighted by atomic mass is 9.87. The molecular weight excluding hydrogens is 240 g/mol. The number of hydrogen-bond donors (Lipinski definition) is 2. The Balaban J connectivity index is 2.10. The van der Waals surface area contributed by atoms with Crippen molar-refractivity contribution in [2.75, 3.05) is 12.4 Å². The fourth-order valence-corrected chi connectivity index (χ4v) is 2.09. The smallest absolute Gasteiger partial charge is 0.339 e. The summed E-state index contributed by atoms with van der Waals surface area (Å²) in [6, 6.07) is 5.92. The Bertz CT molecular complexity index is 431. The third-order valence-electron chi connectivity index (χ3n) is 2.92. The van der Waals surface area contributed by atoms with E-state index in [4.69, 9.17) is 17.3 Å². The largest absolute Gasteiger partial charge is 0.465 e. The van der Waals surface area contributed by atoms with E-state index < -0.39 is 5.97 Å². The van der Waals surface area contributed by atoms with E-state index in [0.717, 1.165) is 18.5 Å². The van der Waals surface area contributed by atoms with Gasteiger partial charge in [0.25, 0.3) is 0 Å². The molecule has 17 heavy (non-hydrogen) atoms. The van der Waals surface area contributed by atoms with Gasteiger partial charge in [0.05, 0.1) is 17.7 Å². The van der Waals surface area contributed by atoms with Crippen molar-refractivity contribution in [1.29, 1.82) is 0 Å². The summed E-state index contributed by atoms with van der Waals surface area (Å²) in [7, 11) is 1.34. The Kier molecular flexibility index (Phi) is 3.54. The first kappa shape index (κ1) is 12.2. The van der Waals surface area contributed by atoms with Gasteiger partial charge in [0.15, 0.2) is 0 Å². The molecule has 4 nitrogen and oxygen atoms in total. The van der Waals surface area contributed by atoms with E-state index >= 15 is 0 Å². The Labute approximate surface area is 105 Å². The van der Waals surface area contributed by atoms with Gasteiger partial charge in [0.2, 0.25) is 0 Å². The van der Waals surface area contributed by atoms with E-state index in [0.29, 0.717) is 22.7 Å². The lowest BCUT2D eigenvalue weighted by molar-refractivity contribution is 0.0601. The maximum Gasteiger partial charge on any atom is 0.339 e. The summed E-state index contributed by atoms with van der Waals surface area (Å²) in [6.07, 6.45) is 1.91. The van der Waals surface area contributed by atoms with Crippen molar-refractivity contribution in [2.45, 2.75) is 24.9 Å². The molecule has 0 aromatic heterocycles. The molecule has 1 aromatic rings. The van der Waals surface area contributed by atoms with Gasteiger partial charge >= 0.3 is 5.97 Å². The number of halogens is 1. The molecule has 0 amide bonds. The molecule has 1 aliphatic carbocycles. The molecule has 1 fully saturated rings. The van der Waals surface area contributed by atoms with E-state index in [2.05, 4.69) is 10.1 Å². The van der Waals surface area contributed by atoms with E-state index in [9.17, 15) is 4.79 Å². The van der Waals surface area contributed by atoms with Gasteiger partial charge in [-0.1, -0.05) is 11.6 Å². The molecular formula is C12H15ClN2O2. The molecule has 0 atom stereocenters. The number of anilines is 1. The standard InChI is InChI=1S/C12H15ClN2O2/c1-17-12(16)10-6-8(2-3-11(10)13)15-9-4-7(14)5-9/h2-3,6-7,9,15H,4-5,14H2,1H3. The molecule has 1 saturated carbocycles. The Morgan fingerprint density at radius 2 is 2.24 bits per heavy atom. The molecule has 1 aromatic carbocycles. The third-order valence-corrected chi connectivity index (χ3v) is 3.25. The van der Waals surface area contributed by atoms with Gasteiger partial charge in [-0.3, -0.25) is 0 Å². The van der Waals surface area contributed by atoms with Crippen molar-refractivity contribution in [3.8, 4) is 0 Å². The summed E-state index contributed by atoms with van der Waals surface area (Å²) < 4.78 is 4.66. The predicted molar refractivity (Wildman–Crippen MR) is 67.4 cm³/mol. The molecule has 0 heterocycles. The number of nitrogens with one attached hydrogen (secondary N) is 1. The molecule has 0 spiro atoms. The van der Waals surface area contributed by atoms with Crippen LogP contribution in [0.5, 0.6) is 0 Å². The Morgan fingerprint density at radius 3 is 2.82 bits per heavy atom. The lowest BCUT2D eigenvalue weighted by Crippen LogP contribution is -2.44. The number of carbonyl (C=O) groups is 1. The number of hydrogen-bond acceptors (Lipinski definition) is 4. The van der Waals surface area contributed by atoms with Crippen molar-refractivity contribution in [2.24, 2.45) is 5.73 Å². The second-order valence-electron chi connectivity index (χ2n) is 4.26. The first-order valence-electron chi connectivity index (χ1n) is 5.50. The monoisotopic (exact) mass is 254 g/mol. The fourth-order valence-electron chi connectivity index (χ4n) is 1.90. The van der Waals surface area contributed by atoms with Crippen LogP contribution in [0.4, 0.5) is 5.69 Å². The van der Waals surface area contributed by atoms with Crippen LogP contribution in [0.15, 0.2) is 18.2 Å². The zero-order valence-electron chi connectivity index (χ0n) is 9.57. The van der Waals surface area contributed by atoms with Crippen LogP contribution >= 0.6 is 11.6 Å². The second kappa shape index (κ2) is 4.94. The Morgan fingerprint density at radius 1 is 1.53 bits per heavy atom. The van der Waals surface area contributed by atoms with Gasteiger partial charge in [-0.15, -0.1) is 0 Å². The maximum atomic E-state index is 11.5. The maximum absolute atomic E-state index is 11.5. The van der Waals surface area contributed by atoms with Crippen molar-refractivity contribution in [1.82, 2.24) is 0 Å². The first-order valence-corrected chi connectivity index (χ1v) is 5.88. The summed E-state index contributed by atoms with van der Waals surface area (Å²) in [5.74, 6) is -0.427. The number of benzene rings is 1. The number of methoxy groups -OCH3 is 1. The zero-order valence-corrected chi connectivity index (χ0v) is 10.3. The highest BCUT2D eigenvalue weighted by Gasteiger charge is 2.25. The molecule has 0 radical (unpaired) electrons. The average molecular weight is 255 g/mol. The quantitative estimate of drug-likeness (QED) is 0.810. The van der Waals surface area contributed by atoms with E-state index in [1.165, 1.54) is 7.11 Å². The second-order valence-corrected chi connectivity index (χ2v) is 4.67. The fraction of sp³-hybridized carbons (Fsp3) is 0.417. The molecule has 0 unspecified atom stereocenters. The number of nitrogens with two attached hydrogens (primary N) is 1. The molecule has 1 aliphatic rings. The number of rotatable bonds is 3. The minimum absolute atomic E-state index is 0.292. The van der Waals surface area contributed by atoms with Crippen LogP contribution in [0.1, 0.15) is 23.2 Å². The van der Waals surface area contributed by atoms with Gasteiger partial charge < -0.3 is 15.8 Å². The summed E-state index contributed by atoms with van der Waals surface area (Å²) in [4.78, 5) is 11.5. The van der Waals surface area contributed by atoms with Gasteiger partial charge in [-0.25, -0.2) is 4.79 Å². The van der Waals surface area contributed by atoms with E-state index in [1.807, 2.05) is 6.07 Å². The van der Waals surface area contributed by atoms with E-state index in [-0.39, 0.29) is 0 Å². The van der Waals surface area contributed by atoms with Crippen LogP contribution in [0.2, 0.25) is 5.02 Å². The topological polar surface area (TPSA) is 64.3 Å². The van der Waals surface area contributed by atoms with Crippen LogP contribution in [0, 0.1) is 0 Å². The molecule has 3 N–H and O–H groups in total. The molecule has 0 aliphatic heterocycles. The van der Waals surface area contributed by atoms with Crippen LogP contribution in [-0.4, -0.2) is 25.2 Å². The molecule has 92 valence electrons. The van der Waals surface area contributed by atoms with Crippen LogP contribution in [0.25, 0.3) is 0 Å². The molecule has 2 rings (SSSR count). The van der Waals surface area contributed by atoms with Gasteiger partial charge in [-0.2, -0.15) is 0 Å². The van der Waals surface area contributed by atoms with Crippen LogP contribution in [-0.2, 0) is 4.74 Å². The highest BCUT2D eigenvalue weighted by atomic mass is 35.5. The van der Waals surface area contributed by atoms with Gasteiger partial charge in [0.1, 0.15) is 0 Å². The summed E-state index contributed by atoms with van der Waals surface area (Å²) >= 11 is 5.93. The van der Waals surface area contributed by atoms with Gasteiger partial charge in [-0.05, 0) is 31.0 Å². The number of ether oxygens (including phenoxy) is 1. The minimum Gasteiger partial charge on any atom is -0.465 e. The summed E-state index contributed by atoms with van der Waals surface area (Å²) in [5.41, 5.74) is 6.96. The average Bonchev–Trinajstić information content (AvgIpc) is 2.28. The first-order chi connectivity index (χ1) is 8.10. The summed E-state index contributed by atoms with van der Waals surface area (Å²) in [6.45, 7) is 0. The number of esters is 1. The summed E-state index contributed by atoms with van der Waals surface area (Å²) in [5, 5.41) is 3.70. The van der Waals surface area contributed by atoms with Crippen molar-refractivity contribution < 1.29 is 9.53 Å². The van der Waals surface area contributed by atoms with Crippen LogP contribution < -0.4 is 11.1 Å². The SMILES string of the molecule is COC(=O)c1cc(NC2CC(N)C2)ccc1Cl. The van der Waals surface area contributed by atoms with Crippen molar-refractivity contribution >= 4 is 23.3 Å². The molecule has 0 bridgehead atoms. The normalized spacial score (nSPS) is 22.8. The highest BCUT2D eigenvalue weighted by molar-refractivity contribution is 6.33. The van der Waals surface area contributed by atoms with Gasteiger partial charge in [0, 0.05) is 17.8 Å². The molecule has 5 heteroatoms. The van der Waals surface area contributed by atoms with E-state index in [1.54, 1.807) is 12.1 Å². The predicted octanol–water partition coefficient (Wildman–Crippen LogP) is 2.03. The highest BCUT2D eigenvalue weighted by Crippen LogP contribution is 2.26. The zero-order chi connectivity index (χ0) is 12.4. The third kappa shape index (κ3) is 2.70. The Hall–Kier alpha value is -1.26. The molecule has 0 saturated heterocycles. The van der Waals surface area contributed by atoms with Crippen LogP contribution in [0.3, 0.4) is 0 Å². The lowest BCUT2D eigenvalue weighted by Gasteiger charge is -2.33. The minimum atomic E-state index is -0.427. The number of carbonyl (C=O) groups excluding carboxylic acids is 1. The van der Waals surface area contributed by atoms with Crippen molar-refractivity contribution in [3.05, 3.63) is 28.8 Å². The van der Waals surface area contributed by atoms with Crippen molar-refractivity contribution in [3.63, 3.8) is 0 Å².